The van der Waals surface area contributed by atoms with Crippen molar-refractivity contribution in [1.29, 1.82) is 0 Å². The van der Waals surface area contributed by atoms with Crippen LogP contribution in [-0.4, -0.2) is 69.8 Å². The summed E-state index contributed by atoms with van der Waals surface area (Å²) >= 11 is 0. The highest BCUT2D eigenvalue weighted by atomic mass is 16.5. The molecule has 88 valence electrons. The Labute approximate surface area is 92.7 Å². The van der Waals surface area contributed by atoms with Crippen molar-refractivity contribution in [2.75, 3.05) is 54.4 Å². The molecular formula is C11H23N2O2+. The lowest BCUT2D eigenvalue weighted by Crippen LogP contribution is -2.46. The first-order chi connectivity index (χ1) is 6.87. The van der Waals surface area contributed by atoms with E-state index < -0.39 is 0 Å². The van der Waals surface area contributed by atoms with Gasteiger partial charge in [-0.05, 0) is 14.1 Å². The molecule has 0 aromatic carbocycles. The van der Waals surface area contributed by atoms with E-state index in [2.05, 4.69) is 39.7 Å². The Morgan fingerprint density at radius 1 is 1.40 bits per heavy atom. The van der Waals surface area contributed by atoms with Gasteiger partial charge in [-0.25, -0.2) is 4.79 Å². The van der Waals surface area contributed by atoms with Gasteiger partial charge in [-0.2, -0.15) is 0 Å². The first kappa shape index (κ1) is 14.1. The smallest absolute Gasteiger partial charge is 0.330 e. The molecule has 0 saturated heterocycles. The second-order valence-electron chi connectivity index (χ2n) is 4.56. The molecule has 0 radical (unpaired) electrons. The van der Waals surface area contributed by atoms with Crippen LogP contribution < -0.4 is 0 Å². The first-order valence-corrected chi connectivity index (χ1v) is 5.13. The van der Waals surface area contributed by atoms with E-state index in [0.29, 0.717) is 6.61 Å². The Morgan fingerprint density at radius 2 is 2.00 bits per heavy atom. The zero-order valence-electron chi connectivity index (χ0n) is 10.3. The minimum atomic E-state index is -0.345. The van der Waals surface area contributed by atoms with Gasteiger partial charge in [0.1, 0.15) is 13.2 Å². The first-order valence-electron chi connectivity index (χ1n) is 5.13. The van der Waals surface area contributed by atoms with Gasteiger partial charge in [0, 0.05) is 12.6 Å². The molecule has 0 atom stereocenters. The van der Waals surface area contributed by atoms with Crippen molar-refractivity contribution >= 4 is 5.97 Å². The average molecular weight is 215 g/mol. The van der Waals surface area contributed by atoms with Gasteiger partial charge >= 0.3 is 5.97 Å². The number of ether oxygens (including phenoxy) is 1. The molecule has 4 nitrogen and oxygen atoms in total. The molecular weight excluding hydrogens is 192 g/mol. The SMILES string of the molecule is C=CC(=O)OCC[N+](C)(C)CCN(C)C. The van der Waals surface area contributed by atoms with E-state index >= 15 is 0 Å². The average Bonchev–Trinajstić information content (AvgIpc) is 2.14. The van der Waals surface area contributed by atoms with Crippen LogP contribution in [0.1, 0.15) is 0 Å². The Hall–Kier alpha value is -0.870. The van der Waals surface area contributed by atoms with Gasteiger partial charge < -0.3 is 14.1 Å². The number of esters is 1. The molecule has 0 aromatic heterocycles. The van der Waals surface area contributed by atoms with Crippen molar-refractivity contribution in [2.24, 2.45) is 0 Å². The van der Waals surface area contributed by atoms with E-state index in [1.165, 1.54) is 6.08 Å². The van der Waals surface area contributed by atoms with Crippen molar-refractivity contribution in [1.82, 2.24) is 4.90 Å². The van der Waals surface area contributed by atoms with Crippen LogP contribution in [0.2, 0.25) is 0 Å². The number of likely N-dealkylation sites (N-methyl/N-ethyl adjacent to an activating group) is 2. The number of rotatable bonds is 7. The van der Waals surface area contributed by atoms with Crippen LogP contribution in [0.5, 0.6) is 0 Å². The molecule has 0 N–H and O–H groups in total. The monoisotopic (exact) mass is 215 g/mol. The summed E-state index contributed by atoms with van der Waals surface area (Å²) in [7, 11) is 8.37. The maximum absolute atomic E-state index is 10.8. The second-order valence-corrected chi connectivity index (χ2v) is 4.56. The third-order valence-corrected chi connectivity index (χ3v) is 2.26. The highest BCUT2D eigenvalue weighted by Crippen LogP contribution is 1.97. The molecule has 0 aliphatic carbocycles. The van der Waals surface area contributed by atoms with Crippen LogP contribution in [0.4, 0.5) is 0 Å². The van der Waals surface area contributed by atoms with E-state index in [1.807, 2.05) is 0 Å². The van der Waals surface area contributed by atoms with Gasteiger partial charge in [0.15, 0.2) is 0 Å². The van der Waals surface area contributed by atoms with Gasteiger partial charge in [0.05, 0.1) is 20.6 Å². The van der Waals surface area contributed by atoms with Crippen molar-refractivity contribution in [2.45, 2.75) is 0 Å². The minimum Gasteiger partial charge on any atom is -0.457 e. The van der Waals surface area contributed by atoms with Gasteiger partial charge in [0.25, 0.3) is 0 Å². The number of quaternary nitrogens is 1. The summed E-state index contributed by atoms with van der Waals surface area (Å²) in [5, 5.41) is 0. The maximum atomic E-state index is 10.8. The molecule has 0 aromatic rings. The predicted molar refractivity (Wildman–Crippen MR) is 61.6 cm³/mol. The molecule has 15 heavy (non-hydrogen) atoms. The third kappa shape index (κ3) is 8.15. The maximum Gasteiger partial charge on any atom is 0.330 e. The molecule has 0 aliphatic heterocycles. The molecule has 4 heteroatoms. The fourth-order valence-corrected chi connectivity index (χ4v) is 1.03. The summed E-state index contributed by atoms with van der Waals surface area (Å²) in [6, 6.07) is 0. The summed E-state index contributed by atoms with van der Waals surface area (Å²) in [6.07, 6.45) is 1.19. The third-order valence-electron chi connectivity index (χ3n) is 2.26. The normalized spacial score (nSPS) is 11.5. The minimum absolute atomic E-state index is 0.345. The van der Waals surface area contributed by atoms with Crippen molar-refractivity contribution in [3.8, 4) is 0 Å². The van der Waals surface area contributed by atoms with Crippen molar-refractivity contribution in [3.63, 3.8) is 0 Å². The fourth-order valence-electron chi connectivity index (χ4n) is 1.03. The predicted octanol–water partition coefficient (Wildman–Crippen LogP) is 0.354. The Balaban J connectivity index is 3.73. The Bertz CT molecular complexity index is 213. The van der Waals surface area contributed by atoms with Gasteiger partial charge in [0.2, 0.25) is 0 Å². The van der Waals surface area contributed by atoms with Crippen LogP contribution in [0.25, 0.3) is 0 Å². The number of carbonyl (C=O) groups is 1. The van der Waals surface area contributed by atoms with Crippen LogP contribution in [0.3, 0.4) is 0 Å². The lowest BCUT2D eigenvalue weighted by molar-refractivity contribution is -0.889. The number of hydrogen-bond donors (Lipinski definition) is 0. The number of hydrogen-bond acceptors (Lipinski definition) is 3. The highest BCUT2D eigenvalue weighted by molar-refractivity contribution is 5.81. The topological polar surface area (TPSA) is 29.5 Å². The van der Waals surface area contributed by atoms with E-state index in [9.17, 15) is 4.79 Å². The van der Waals surface area contributed by atoms with Crippen LogP contribution in [-0.2, 0) is 9.53 Å². The lowest BCUT2D eigenvalue weighted by Gasteiger charge is -2.30. The summed E-state index contributed by atoms with van der Waals surface area (Å²) in [6.45, 7) is 6.70. The summed E-state index contributed by atoms with van der Waals surface area (Å²) in [5.41, 5.74) is 0. The molecule has 0 aliphatic rings. The Kier molecular flexibility index (Phi) is 6.20. The largest absolute Gasteiger partial charge is 0.457 e. The zero-order valence-corrected chi connectivity index (χ0v) is 10.3. The van der Waals surface area contributed by atoms with Gasteiger partial charge in [-0.3, -0.25) is 0 Å². The van der Waals surface area contributed by atoms with Gasteiger partial charge in [-0.15, -0.1) is 0 Å². The summed E-state index contributed by atoms with van der Waals surface area (Å²) < 4.78 is 5.80. The Morgan fingerprint density at radius 3 is 2.47 bits per heavy atom. The van der Waals surface area contributed by atoms with Crippen molar-refractivity contribution < 1.29 is 14.0 Å². The van der Waals surface area contributed by atoms with Crippen LogP contribution in [0.15, 0.2) is 12.7 Å². The molecule has 0 fully saturated rings. The second kappa shape index (κ2) is 6.58. The quantitative estimate of drug-likeness (QED) is 0.349. The fraction of sp³-hybridized carbons (Fsp3) is 0.727. The van der Waals surface area contributed by atoms with E-state index in [1.54, 1.807) is 0 Å². The van der Waals surface area contributed by atoms with Crippen LogP contribution >= 0.6 is 0 Å². The highest BCUT2D eigenvalue weighted by Gasteiger charge is 2.15. The molecule has 0 spiro atoms. The molecule has 0 bridgehead atoms. The summed E-state index contributed by atoms with van der Waals surface area (Å²) in [4.78, 5) is 13.0. The summed E-state index contributed by atoms with van der Waals surface area (Å²) in [5.74, 6) is -0.345. The van der Waals surface area contributed by atoms with Crippen LogP contribution in [0, 0.1) is 0 Å². The molecule has 0 heterocycles. The molecule has 0 amide bonds. The lowest BCUT2D eigenvalue weighted by atomic mass is 10.4. The number of nitrogens with zero attached hydrogens (tertiary/aromatic N) is 2. The van der Waals surface area contributed by atoms with E-state index in [-0.39, 0.29) is 5.97 Å². The van der Waals surface area contributed by atoms with E-state index in [4.69, 9.17) is 4.74 Å². The van der Waals surface area contributed by atoms with Crippen molar-refractivity contribution in [3.05, 3.63) is 12.7 Å². The van der Waals surface area contributed by atoms with E-state index in [0.717, 1.165) is 24.1 Å². The standard InChI is InChI=1S/C11H23N2O2/c1-6-11(14)15-10-9-13(4,5)8-7-12(2)3/h6H,1,7-10H2,2-5H3/q+1. The molecule has 0 rings (SSSR count). The zero-order chi connectivity index (χ0) is 11.9. The molecule has 0 saturated carbocycles. The molecule has 0 unspecified atom stereocenters. The van der Waals surface area contributed by atoms with Gasteiger partial charge in [-0.1, -0.05) is 6.58 Å². The number of carbonyl (C=O) groups excluding carboxylic acids is 1.